The summed E-state index contributed by atoms with van der Waals surface area (Å²) in [4.78, 5) is 17.0. The van der Waals surface area contributed by atoms with Crippen LogP contribution in [0.2, 0.25) is 0 Å². The zero-order valence-corrected chi connectivity index (χ0v) is 8.40. The Morgan fingerprint density at radius 2 is 1.29 bits per heavy atom. The van der Waals surface area contributed by atoms with Gasteiger partial charge in [-0.1, -0.05) is 22.1 Å². The van der Waals surface area contributed by atoms with E-state index in [1.54, 1.807) is 0 Å². The van der Waals surface area contributed by atoms with Gasteiger partial charge in [0.1, 0.15) is 0 Å². The van der Waals surface area contributed by atoms with Gasteiger partial charge in [0.05, 0.1) is 0 Å². The molecule has 7 heavy (non-hydrogen) atoms. The van der Waals surface area contributed by atoms with Crippen molar-refractivity contribution in [2.45, 2.75) is 13.8 Å². The van der Waals surface area contributed by atoms with Crippen LogP contribution in [-0.2, 0) is 24.0 Å². The molecule has 0 atom stereocenters. The quantitative estimate of drug-likeness (QED) is 0.355. The summed E-state index contributed by atoms with van der Waals surface area (Å²) in [6.07, 6.45) is 0. The SMILES string of the molecule is CC.O=[PH]([O-])[O-].[Zn+2]. The van der Waals surface area contributed by atoms with E-state index in [2.05, 4.69) is 0 Å². The van der Waals surface area contributed by atoms with E-state index in [4.69, 9.17) is 14.4 Å². The van der Waals surface area contributed by atoms with Crippen molar-refractivity contribution < 1.29 is 33.8 Å². The van der Waals surface area contributed by atoms with Gasteiger partial charge in [-0.2, -0.15) is 0 Å². The predicted molar refractivity (Wildman–Crippen MR) is 20.3 cm³/mol. The average Bonchev–Trinajstić information content (AvgIpc) is 1.41. The van der Waals surface area contributed by atoms with Gasteiger partial charge in [0.25, 0.3) is 0 Å². The monoisotopic (exact) mass is 174 g/mol. The van der Waals surface area contributed by atoms with Crippen molar-refractivity contribution in [2.24, 2.45) is 0 Å². The molecule has 0 spiro atoms. The fraction of sp³-hybridized carbons (Fsp3) is 1.00. The van der Waals surface area contributed by atoms with Crippen molar-refractivity contribution in [1.82, 2.24) is 0 Å². The van der Waals surface area contributed by atoms with Crippen molar-refractivity contribution in [3.05, 3.63) is 0 Å². The first-order valence-corrected chi connectivity index (χ1v) is 2.84. The molecule has 0 unspecified atom stereocenters. The van der Waals surface area contributed by atoms with Gasteiger partial charge in [0.15, 0.2) is 0 Å². The molecule has 0 aliphatic heterocycles. The molecule has 5 heteroatoms. The Balaban J connectivity index is -0.0000000480. The van der Waals surface area contributed by atoms with Crippen LogP contribution in [0.5, 0.6) is 0 Å². The first-order chi connectivity index (χ1) is 2.73. The van der Waals surface area contributed by atoms with Gasteiger partial charge < -0.3 is 14.4 Å². The molecule has 0 aliphatic rings. The topological polar surface area (TPSA) is 63.2 Å². The van der Waals surface area contributed by atoms with E-state index >= 15 is 0 Å². The molecule has 0 N–H and O–H groups in total. The molecular formula is C2H7O3PZn. The summed E-state index contributed by atoms with van der Waals surface area (Å²) in [7, 11) is -3.63. The Bertz CT molecular complexity index is 35.9. The Hall–Kier alpha value is 0.773. The van der Waals surface area contributed by atoms with E-state index < -0.39 is 8.25 Å². The van der Waals surface area contributed by atoms with E-state index in [0.29, 0.717) is 0 Å². The van der Waals surface area contributed by atoms with Crippen molar-refractivity contribution in [1.29, 1.82) is 0 Å². The summed E-state index contributed by atoms with van der Waals surface area (Å²) >= 11 is 0. The minimum absolute atomic E-state index is 0. The van der Waals surface area contributed by atoms with Crippen molar-refractivity contribution in [2.75, 3.05) is 0 Å². The Morgan fingerprint density at radius 1 is 1.29 bits per heavy atom. The molecule has 3 nitrogen and oxygen atoms in total. The minimum atomic E-state index is -3.63. The van der Waals surface area contributed by atoms with E-state index in [9.17, 15) is 0 Å². The van der Waals surface area contributed by atoms with Crippen LogP contribution in [0.3, 0.4) is 0 Å². The van der Waals surface area contributed by atoms with Gasteiger partial charge in [0, 0.05) is 0 Å². The van der Waals surface area contributed by atoms with E-state index in [1.807, 2.05) is 13.8 Å². The van der Waals surface area contributed by atoms with Crippen LogP contribution < -0.4 is 9.79 Å². The molecule has 0 fully saturated rings. The molecule has 0 bridgehead atoms. The zero-order valence-electron chi connectivity index (χ0n) is 4.43. The second-order valence-electron chi connectivity index (χ2n) is 0.250. The molecule has 0 radical (unpaired) electrons. The van der Waals surface area contributed by atoms with Crippen molar-refractivity contribution in [3.63, 3.8) is 0 Å². The largest absolute Gasteiger partial charge is 2.00 e. The molecule has 0 saturated carbocycles. The summed E-state index contributed by atoms with van der Waals surface area (Å²) < 4.78 is 8.52. The Labute approximate surface area is 56.5 Å². The van der Waals surface area contributed by atoms with Crippen LogP contribution in [0.25, 0.3) is 0 Å². The van der Waals surface area contributed by atoms with Gasteiger partial charge in [-0.15, -0.1) is 0 Å². The summed E-state index contributed by atoms with van der Waals surface area (Å²) in [6, 6.07) is 0. The standard InChI is InChI=1S/C2H6.H3O3P.Zn/c1-2;1-4(2)3;/h1-2H3;4H,(H2,1,2,3);/q;;+2/p-2. The van der Waals surface area contributed by atoms with Crippen LogP contribution in [0.15, 0.2) is 0 Å². The van der Waals surface area contributed by atoms with Crippen LogP contribution in [0, 0.1) is 0 Å². The summed E-state index contributed by atoms with van der Waals surface area (Å²) in [5.74, 6) is 0. The molecule has 40 valence electrons. The number of hydrogen-bond acceptors (Lipinski definition) is 3. The summed E-state index contributed by atoms with van der Waals surface area (Å²) in [5, 5.41) is 0. The summed E-state index contributed by atoms with van der Waals surface area (Å²) in [6.45, 7) is 4.00. The maximum atomic E-state index is 8.52. The van der Waals surface area contributed by atoms with Gasteiger partial charge in [-0.25, -0.2) is 0 Å². The van der Waals surface area contributed by atoms with Gasteiger partial charge in [-0.05, 0) is 0 Å². The first-order valence-electron chi connectivity index (χ1n) is 1.61. The second kappa shape index (κ2) is 15.9. The third-order valence-electron chi connectivity index (χ3n) is 0. The van der Waals surface area contributed by atoms with Crippen molar-refractivity contribution in [3.8, 4) is 0 Å². The molecule has 0 aliphatic carbocycles. The normalized spacial score (nSPS) is 5.86. The zero-order chi connectivity index (χ0) is 5.58. The van der Waals surface area contributed by atoms with E-state index in [-0.39, 0.29) is 19.5 Å². The number of hydrogen-bond donors (Lipinski definition) is 0. The van der Waals surface area contributed by atoms with Gasteiger partial charge in [0.2, 0.25) is 0 Å². The van der Waals surface area contributed by atoms with Crippen LogP contribution in [-0.4, -0.2) is 0 Å². The Morgan fingerprint density at radius 3 is 1.29 bits per heavy atom. The molecule has 0 rings (SSSR count). The van der Waals surface area contributed by atoms with Crippen LogP contribution in [0.1, 0.15) is 13.8 Å². The average molecular weight is 175 g/mol. The molecule has 0 aromatic rings. The third-order valence-corrected chi connectivity index (χ3v) is 0. The fourth-order valence-corrected chi connectivity index (χ4v) is 0. The minimum Gasteiger partial charge on any atom is -0.813 e. The predicted octanol–water partition coefficient (Wildman–Crippen LogP) is -0.880. The number of rotatable bonds is 0. The molecule has 0 aromatic carbocycles. The van der Waals surface area contributed by atoms with E-state index in [0.717, 1.165) is 0 Å². The molecule has 0 heterocycles. The van der Waals surface area contributed by atoms with Crippen LogP contribution in [0.4, 0.5) is 0 Å². The second-order valence-corrected chi connectivity index (χ2v) is 0.750. The van der Waals surface area contributed by atoms with Crippen LogP contribution >= 0.6 is 8.25 Å². The maximum absolute atomic E-state index is 8.52. The van der Waals surface area contributed by atoms with E-state index in [1.165, 1.54) is 0 Å². The first kappa shape index (κ1) is 15.7. The summed E-state index contributed by atoms with van der Waals surface area (Å²) in [5.41, 5.74) is 0. The maximum Gasteiger partial charge on any atom is 2.00 e. The van der Waals surface area contributed by atoms with Gasteiger partial charge >= 0.3 is 19.5 Å². The molecule has 0 aromatic heterocycles. The molecular weight excluding hydrogens is 168 g/mol. The van der Waals surface area contributed by atoms with Gasteiger partial charge in [-0.3, -0.25) is 0 Å². The molecule has 0 saturated heterocycles. The smallest absolute Gasteiger partial charge is 0.813 e. The third kappa shape index (κ3) is 258. The molecule has 0 amide bonds. The van der Waals surface area contributed by atoms with Crippen molar-refractivity contribution >= 4 is 8.25 Å². The fourth-order valence-electron chi connectivity index (χ4n) is 0. The Kier molecular flexibility index (Phi) is 35.5.